The smallest absolute Gasteiger partial charge is 0.369 e. The molecule has 0 radical (unpaired) electrons. The zero-order chi connectivity index (χ0) is 13.6. The van der Waals surface area contributed by atoms with E-state index in [0.29, 0.717) is 19.4 Å². The summed E-state index contributed by atoms with van der Waals surface area (Å²) in [6.07, 6.45) is 1.63. The molecule has 0 aromatic carbocycles. The molecule has 0 aliphatic rings. The van der Waals surface area contributed by atoms with Crippen LogP contribution in [0.5, 0.6) is 0 Å². The quantitative estimate of drug-likeness (QED) is 0.663. The summed E-state index contributed by atoms with van der Waals surface area (Å²) in [4.78, 5) is 3.40. The molecule has 0 bridgehead atoms. The number of terminal acetylenes is 1. The SMILES string of the molecule is C#CCCCNc1nc(C(F)(F)F)ccc1C#N. The fraction of sp³-hybridized carbons (Fsp3) is 0.333. The Bertz CT molecular complexity index is 495. The van der Waals surface area contributed by atoms with Crippen LogP contribution in [0.3, 0.4) is 0 Å². The molecular weight excluding hydrogens is 243 g/mol. The van der Waals surface area contributed by atoms with Gasteiger partial charge in [-0.3, -0.25) is 0 Å². The summed E-state index contributed by atoms with van der Waals surface area (Å²) >= 11 is 0. The first kappa shape index (κ1) is 13.9. The highest BCUT2D eigenvalue weighted by Gasteiger charge is 2.33. The van der Waals surface area contributed by atoms with Crippen molar-refractivity contribution < 1.29 is 13.2 Å². The van der Waals surface area contributed by atoms with E-state index in [2.05, 4.69) is 16.2 Å². The second kappa shape index (κ2) is 5.92. The summed E-state index contributed by atoms with van der Waals surface area (Å²) in [5.74, 6) is 2.35. The van der Waals surface area contributed by atoms with Gasteiger partial charge in [-0.2, -0.15) is 18.4 Å². The van der Waals surface area contributed by atoms with Crippen LogP contribution in [0.25, 0.3) is 0 Å². The Morgan fingerprint density at radius 2 is 2.11 bits per heavy atom. The summed E-state index contributed by atoms with van der Waals surface area (Å²) < 4.78 is 37.3. The molecule has 0 fully saturated rings. The standard InChI is InChI=1S/C12H10F3N3/c1-2-3-4-7-17-11-9(8-16)5-6-10(18-11)12(13,14)15/h1,5-6H,3-4,7H2,(H,17,18). The minimum atomic E-state index is -4.52. The first-order chi connectivity index (χ1) is 8.49. The van der Waals surface area contributed by atoms with Crippen LogP contribution in [0.2, 0.25) is 0 Å². The third-order valence-corrected chi connectivity index (χ3v) is 2.10. The van der Waals surface area contributed by atoms with Crippen molar-refractivity contribution in [1.29, 1.82) is 5.26 Å². The van der Waals surface area contributed by atoms with Crippen molar-refractivity contribution in [2.75, 3.05) is 11.9 Å². The lowest BCUT2D eigenvalue weighted by molar-refractivity contribution is -0.141. The van der Waals surface area contributed by atoms with E-state index in [0.717, 1.165) is 12.1 Å². The molecule has 0 aliphatic heterocycles. The number of halogens is 3. The molecule has 94 valence electrons. The average Bonchev–Trinajstić information content (AvgIpc) is 2.33. The molecule has 1 rings (SSSR count). The lowest BCUT2D eigenvalue weighted by Crippen LogP contribution is -2.12. The number of alkyl halides is 3. The lowest BCUT2D eigenvalue weighted by Gasteiger charge is -2.10. The van der Waals surface area contributed by atoms with Crippen LogP contribution in [-0.2, 0) is 6.18 Å². The minimum absolute atomic E-state index is 0.0654. The van der Waals surface area contributed by atoms with Gasteiger partial charge in [0.15, 0.2) is 0 Å². The van der Waals surface area contributed by atoms with E-state index in [1.807, 2.05) is 0 Å². The third-order valence-electron chi connectivity index (χ3n) is 2.10. The second-order valence-electron chi connectivity index (χ2n) is 3.44. The van der Waals surface area contributed by atoms with E-state index < -0.39 is 11.9 Å². The Kier molecular flexibility index (Phi) is 4.56. The first-order valence-electron chi connectivity index (χ1n) is 5.14. The zero-order valence-corrected chi connectivity index (χ0v) is 9.38. The van der Waals surface area contributed by atoms with Gasteiger partial charge in [0.05, 0.1) is 5.56 Å². The first-order valence-corrected chi connectivity index (χ1v) is 5.14. The Labute approximate surface area is 103 Å². The van der Waals surface area contributed by atoms with Crippen molar-refractivity contribution >= 4 is 5.82 Å². The highest BCUT2D eigenvalue weighted by molar-refractivity contribution is 5.52. The van der Waals surface area contributed by atoms with Gasteiger partial charge in [0.25, 0.3) is 0 Å². The highest BCUT2D eigenvalue weighted by atomic mass is 19.4. The van der Waals surface area contributed by atoms with Crippen molar-refractivity contribution in [1.82, 2.24) is 4.98 Å². The van der Waals surface area contributed by atoms with E-state index in [1.54, 1.807) is 6.07 Å². The number of unbranched alkanes of at least 4 members (excludes halogenated alkanes) is 1. The van der Waals surface area contributed by atoms with Crippen LogP contribution in [0.15, 0.2) is 12.1 Å². The van der Waals surface area contributed by atoms with E-state index in [4.69, 9.17) is 11.7 Å². The van der Waals surface area contributed by atoms with E-state index in [9.17, 15) is 13.2 Å². The van der Waals surface area contributed by atoms with Crippen molar-refractivity contribution in [3.63, 3.8) is 0 Å². The van der Waals surface area contributed by atoms with Gasteiger partial charge >= 0.3 is 6.18 Å². The molecule has 0 amide bonds. The van der Waals surface area contributed by atoms with Crippen molar-refractivity contribution in [2.24, 2.45) is 0 Å². The highest BCUT2D eigenvalue weighted by Crippen LogP contribution is 2.29. The number of nitrogens with one attached hydrogen (secondary N) is 1. The van der Waals surface area contributed by atoms with Crippen LogP contribution in [0.1, 0.15) is 24.1 Å². The Balaban J connectivity index is 2.87. The molecule has 0 saturated carbocycles. The average molecular weight is 253 g/mol. The van der Waals surface area contributed by atoms with Gasteiger partial charge in [-0.1, -0.05) is 0 Å². The largest absolute Gasteiger partial charge is 0.433 e. The number of nitrogens with zero attached hydrogens (tertiary/aromatic N) is 2. The summed E-state index contributed by atoms with van der Waals surface area (Å²) in [5, 5.41) is 11.5. The second-order valence-corrected chi connectivity index (χ2v) is 3.44. The molecule has 1 N–H and O–H groups in total. The maximum absolute atomic E-state index is 12.4. The van der Waals surface area contributed by atoms with Crippen LogP contribution in [0, 0.1) is 23.7 Å². The van der Waals surface area contributed by atoms with E-state index in [-0.39, 0.29) is 11.4 Å². The maximum Gasteiger partial charge on any atom is 0.433 e. The molecule has 0 spiro atoms. The number of nitriles is 1. The normalized spacial score (nSPS) is 10.5. The Morgan fingerprint density at radius 1 is 1.39 bits per heavy atom. The molecule has 0 unspecified atom stereocenters. The Morgan fingerprint density at radius 3 is 2.67 bits per heavy atom. The number of anilines is 1. The summed E-state index contributed by atoms with van der Waals surface area (Å²) in [7, 11) is 0. The third kappa shape index (κ3) is 3.67. The fourth-order valence-corrected chi connectivity index (χ4v) is 1.24. The predicted molar refractivity (Wildman–Crippen MR) is 60.5 cm³/mol. The fourth-order valence-electron chi connectivity index (χ4n) is 1.24. The lowest BCUT2D eigenvalue weighted by atomic mass is 10.2. The van der Waals surface area contributed by atoms with Crippen LogP contribution >= 0.6 is 0 Å². The number of hydrogen-bond donors (Lipinski definition) is 1. The zero-order valence-electron chi connectivity index (χ0n) is 9.38. The monoisotopic (exact) mass is 253 g/mol. The van der Waals surface area contributed by atoms with Crippen LogP contribution in [-0.4, -0.2) is 11.5 Å². The Hall–Kier alpha value is -2.21. The van der Waals surface area contributed by atoms with Crippen LogP contribution < -0.4 is 5.32 Å². The summed E-state index contributed by atoms with van der Waals surface area (Å²) in [6, 6.07) is 3.66. The van der Waals surface area contributed by atoms with Gasteiger partial charge in [0, 0.05) is 13.0 Å². The number of aromatic nitrogens is 1. The molecule has 0 aliphatic carbocycles. The molecule has 1 aromatic heterocycles. The molecule has 18 heavy (non-hydrogen) atoms. The molecule has 0 saturated heterocycles. The van der Waals surface area contributed by atoms with Gasteiger partial charge in [0.1, 0.15) is 17.6 Å². The molecule has 6 heteroatoms. The molecule has 3 nitrogen and oxygen atoms in total. The molecular formula is C12H10F3N3. The van der Waals surface area contributed by atoms with Crippen LogP contribution in [0.4, 0.5) is 19.0 Å². The molecule has 0 atom stereocenters. The number of hydrogen-bond acceptors (Lipinski definition) is 3. The molecule has 1 heterocycles. The van der Waals surface area contributed by atoms with Crippen molar-refractivity contribution in [2.45, 2.75) is 19.0 Å². The van der Waals surface area contributed by atoms with Crippen molar-refractivity contribution in [3.8, 4) is 18.4 Å². The topological polar surface area (TPSA) is 48.7 Å². The van der Waals surface area contributed by atoms with Gasteiger partial charge < -0.3 is 5.32 Å². The van der Waals surface area contributed by atoms with E-state index in [1.165, 1.54) is 0 Å². The summed E-state index contributed by atoms with van der Waals surface area (Å²) in [6.45, 7) is 0.368. The minimum Gasteiger partial charge on any atom is -0.369 e. The van der Waals surface area contributed by atoms with Gasteiger partial charge in [-0.05, 0) is 18.6 Å². The summed E-state index contributed by atoms with van der Waals surface area (Å²) in [5.41, 5.74) is -0.954. The predicted octanol–water partition coefficient (Wildman–Crippen LogP) is 2.80. The number of pyridine rings is 1. The molecule has 1 aromatic rings. The van der Waals surface area contributed by atoms with Gasteiger partial charge in [-0.15, -0.1) is 12.3 Å². The van der Waals surface area contributed by atoms with E-state index >= 15 is 0 Å². The maximum atomic E-state index is 12.4. The van der Waals surface area contributed by atoms with Gasteiger partial charge in [-0.25, -0.2) is 4.98 Å². The van der Waals surface area contributed by atoms with Gasteiger partial charge in [0.2, 0.25) is 0 Å². The number of rotatable bonds is 4. The van der Waals surface area contributed by atoms with Crippen molar-refractivity contribution in [3.05, 3.63) is 23.4 Å².